The van der Waals surface area contributed by atoms with Crippen molar-refractivity contribution < 1.29 is 19.2 Å². The molecule has 2 aliphatic heterocycles. The van der Waals surface area contributed by atoms with Gasteiger partial charge in [-0.15, -0.1) is 0 Å². The number of hydrogen-bond acceptors (Lipinski definition) is 8. The first-order valence-electron chi connectivity index (χ1n) is 9.51. The van der Waals surface area contributed by atoms with Crippen molar-refractivity contribution in [1.82, 2.24) is 0 Å². The highest BCUT2D eigenvalue weighted by atomic mass is 32.2. The molecular formula is C21H19N3O5S2. The SMILES string of the molecule is COc1ccccc1N1C(=O)/C(=C/c2ccc(N3CCOCC3)c([N+](=O)[O-])c2)SC1=S. The standard InChI is InChI=1S/C21H19N3O5S2/c1-28-18-5-3-2-4-16(18)23-20(25)19(31-21(23)30)13-14-6-7-15(17(12-14)24(26)27)22-8-10-29-11-9-22/h2-7,12-13H,8-11H2,1H3/b19-13-. The summed E-state index contributed by atoms with van der Waals surface area (Å²) in [6.07, 6.45) is 1.63. The zero-order chi connectivity index (χ0) is 22.0. The van der Waals surface area contributed by atoms with Crippen molar-refractivity contribution in [3.63, 3.8) is 0 Å². The van der Waals surface area contributed by atoms with Gasteiger partial charge in [0.25, 0.3) is 11.6 Å². The number of nitro groups is 1. The second kappa shape index (κ2) is 9.04. The minimum absolute atomic E-state index is 0.00384. The van der Waals surface area contributed by atoms with Crippen molar-refractivity contribution in [1.29, 1.82) is 0 Å². The molecule has 0 bridgehead atoms. The highest BCUT2D eigenvalue weighted by Gasteiger charge is 2.35. The number of nitro benzene ring substituents is 1. The first-order valence-corrected chi connectivity index (χ1v) is 10.7. The molecule has 0 aromatic heterocycles. The third-order valence-electron chi connectivity index (χ3n) is 4.97. The van der Waals surface area contributed by atoms with E-state index in [4.69, 9.17) is 21.7 Å². The zero-order valence-electron chi connectivity index (χ0n) is 16.6. The number of ether oxygens (including phenoxy) is 2. The Morgan fingerprint density at radius 1 is 1.19 bits per heavy atom. The van der Waals surface area contributed by atoms with Gasteiger partial charge in [-0.05, 0) is 29.8 Å². The third-order valence-corrected chi connectivity index (χ3v) is 6.27. The Morgan fingerprint density at radius 3 is 2.65 bits per heavy atom. The lowest BCUT2D eigenvalue weighted by Gasteiger charge is -2.28. The number of rotatable bonds is 5. The number of para-hydroxylation sites is 2. The van der Waals surface area contributed by atoms with Crippen LogP contribution >= 0.6 is 24.0 Å². The van der Waals surface area contributed by atoms with E-state index < -0.39 is 4.92 Å². The largest absolute Gasteiger partial charge is 0.495 e. The highest BCUT2D eigenvalue weighted by Crippen LogP contribution is 2.40. The molecule has 0 N–H and O–H groups in total. The predicted molar refractivity (Wildman–Crippen MR) is 125 cm³/mol. The summed E-state index contributed by atoms with van der Waals surface area (Å²) in [5, 5.41) is 11.7. The summed E-state index contributed by atoms with van der Waals surface area (Å²) in [5.41, 5.74) is 1.66. The average Bonchev–Trinajstić information content (AvgIpc) is 3.06. The molecule has 2 saturated heterocycles. The number of amides is 1. The van der Waals surface area contributed by atoms with E-state index in [0.29, 0.717) is 58.2 Å². The van der Waals surface area contributed by atoms with Gasteiger partial charge in [0.05, 0.1) is 35.8 Å². The van der Waals surface area contributed by atoms with Gasteiger partial charge < -0.3 is 14.4 Å². The first kappa shape index (κ1) is 21.3. The normalized spacial score (nSPS) is 18.0. The zero-order valence-corrected chi connectivity index (χ0v) is 18.3. The molecule has 0 unspecified atom stereocenters. The number of carbonyl (C=O) groups is 1. The maximum Gasteiger partial charge on any atom is 0.293 e. The predicted octanol–water partition coefficient (Wildman–Crippen LogP) is 3.85. The molecule has 2 aromatic rings. The minimum Gasteiger partial charge on any atom is -0.495 e. The molecule has 0 radical (unpaired) electrons. The van der Waals surface area contributed by atoms with E-state index in [1.807, 2.05) is 11.0 Å². The molecular weight excluding hydrogens is 438 g/mol. The van der Waals surface area contributed by atoms with E-state index in [-0.39, 0.29) is 11.6 Å². The fourth-order valence-electron chi connectivity index (χ4n) is 3.49. The van der Waals surface area contributed by atoms with Gasteiger partial charge in [-0.2, -0.15) is 0 Å². The molecule has 0 aliphatic carbocycles. The fraction of sp³-hybridized carbons (Fsp3) is 0.238. The summed E-state index contributed by atoms with van der Waals surface area (Å²) in [6, 6.07) is 12.1. The lowest BCUT2D eigenvalue weighted by Crippen LogP contribution is -2.36. The van der Waals surface area contributed by atoms with Gasteiger partial charge in [0, 0.05) is 19.2 Å². The smallest absolute Gasteiger partial charge is 0.293 e. The molecule has 2 heterocycles. The van der Waals surface area contributed by atoms with Gasteiger partial charge in [0.15, 0.2) is 4.32 Å². The Morgan fingerprint density at radius 2 is 1.94 bits per heavy atom. The van der Waals surface area contributed by atoms with Crippen LogP contribution in [0.2, 0.25) is 0 Å². The van der Waals surface area contributed by atoms with Gasteiger partial charge in [0.2, 0.25) is 0 Å². The van der Waals surface area contributed by atoms with E-state index in [1.165, 1.54) is 18.1 Å². The number of anilines is 2. The van der Waals surface area contributed by atoms with Crippen LogP contribution in [0, 0.1) is 10.1 Å². The first-order chi connectivity index (χ1) is 15.0. The molecule has 1 amide bonds. The molecule has 31 heavy (non-hydrogen) atoms. The lowest BCUT2D eigenvalue weighted by atomic mass is 10.1. The van der Waals surface area contributed by atoms with Crippen LogP contribution in [0.15, 0.2) is 47.4 Å². The van der Waals surface area contributed by atoms with E-state index in [9.17, 15) is 14.9 Å². The third kappa shape index (κ3) is 4.27. The summed E-state index contributed by atoms with van der Waals surface area (Å²) in [4.78, 5) is 28.1. The fourth-order valence-corrected chi connectivity index (χ4v) is 4.77. The Balaban J connectivity index is 1.65. The van der Waals surface area contributed by atoms with Crippen molar-refractivity contribution in [2.75, 3.05) is 43.2 Å². The van der Waals surface area contributed by atoms with Crippen molar-refractivity contribution in [2.24, 2.45) is 0 Å². The molecule has 0 saturated carbocycles. The van der Waals surface area contributed by atoms with Crippen LogP contribution < -0.4 is 14.5 Å². The van der Waals surface area contributed by atoms with Gasteiger partial charge in [-0.25, -0.2) is 0 Å². The minimum atomic E-state index is -0.401. The number of thiocarbonyl (C=S) groups is 1. The lowest BCUT2D eigenvalue weighted by molar-refractivity contribution is -0.384. The second-order valence-corrected chi connectivity index (χ2v) is 8.47. The molecule has 4 rings (SSSR count). The summed E-state index contributed by atoms with van der Waals surface area (Å²) in [5.74, 6) is 0.241. The summed E-state index contributed by atoms with van der Waals surface area (Å²) in [7, 11) is 1.53. The van der Waals surface area contributed by atoms with Crippen LogP contribution in [-0.2, 0) is 9.53 Å². The number of hydrogen-bond donors (Lipinski definition) is 0. The molecule has 0 atom stereocenters. The molecule has 8 nitrogen and oxygen atoms in total. The maximum atomic E-state index is 13.1. The van der Waals surface area contributed by atoms with Crippen molar-refractivity contribution >= 4 is 57.3 Å². The summed E-state index contributed by atoms with van der Waals surface area (Å²) < 4.78 is 11.1. The number of carbonyl (C=O) groups excluding carboxylic acids is 1. The van der Waals surface area contributed by atoms with Crippen LogP contribution in [0.4, 0.5) is 17.1 Å². The number of benzene rings is 2. The van der Waals surface area contributed by atoms with Crippen LogP contribution in [-0.4, -0.2) is 48.6 Å². The molecule has 2 aliphatic rings. The quantitative estimate of drug-likeness (QED) is 0.290. The molecule has 0 spiro atoms. The number of nitrogens with zero attached hydrogens (tertiary/aromatic N) is 3. The summed E-state index contributed by atoms with van der Waals surface area (Å²) >= 11 is 6.57. The van der Waals surface area contributed by atoms with Crippen LogP contribution in [0.25, 0.3) is 6.08 Å². The molecule has 160 valence electrons. The van der Waals surface area contributed by atoms with E-state index in [1.54, 1.807) is 36.4 Å². The Kier molecular flexibility index (Phi) is 6.21. The number of thioether (sulfide) groups is 1. The number of morpholine rings is 1. The van der Waals surface area contributed by atoms with Gasteiger partial charge >= 0.3 is 0 Å². The Bertz CT molecular complexity index is 1080. The maximum absolute atomic E-state index is 13.1. The van der Waals surface area contributed by atoms with Crippen LogP contribution in [0.5, 0.6) is 5.75 Å². The molecule has 2 fully saturated rings. The Hall–Kier alpha value is -2.95. The van der Waals surface area contributed by atoms with E-state index in [2.05, 4.69) is 0 Å². The Labute approximate surface area is 188 Å². The van der Waals surface area contributed by atoms with Gasteiger partial charge in [0.1, 0.15) is 11.4 Å². The van der Waals surface area contributed by atoms with Gasteiger partial charge in [-0.3, -0.25) is 19.8 Å². The monoisotopic (exact) mass is 457 g/mol. The van der Waals surface area contributed by atoms with Crippen molar-refractivity contribution in [2.45, 2.75) is 0 Å². The van der Waals surface area contributed by atoms with Crippen molar-refractivity contribution in [3.05, 3.63) is 63.0 Å². The van der Waals surface area contributed by atoms with E-state index in [0.717, 1.165) is 11.8 Å². The average molecular weight is 458 g/mol. The second-order valence-electron chi connectivity index (χ2n) is 6.79. The highest BCUT2D eigenvalue weighted by molar-refractivity contribution is 8.27. The van der Waals surface area contributed by atoms with Crippen molar-refractivity contribution in [3.8, 4) is 5.75 Å². The number of methoxy groups -OCH3 is 1. The van der Waals surface area contributed by atoms with Gasteiger partial charge in [-0.1, -0.05) is 42.2 Å². The summed E-state index contributed by atoms with van der Waals surface area (Å²) in [6.45, 7) is 2.25. The van der Waals surface area contributed by atoms with Crippen LogP contribution in [0.1, 0.15) is 5.56 Å². The molecule has 2 aromatic carbocycles. The van der Waals surface area contributed by atoms with Crippen LogP contribution in [0.3, 0.4) is 0 Å². The topological polar surface area (TPSA) is 85.2 Å². The van der Waals surface area contributed by atoms with E-state index >= 15 is 0 Å². The molecule has 10 heteroatoms.